The third-order valence-corrected chi connectivity index (χ3v) is 5.92. The van der Waals surface area contributed by atoms with E-state index in [-0.39, 0.29) is 5.25 Å². The van der Waals surface area contributed by atoms with Crippen LogP contribution in [0.1, 0.15) is 18.4 Å². The third kappa shape index (κ3) is 2.35. The number of hydrogen-bond acceptors (Lipinski definition) is 3. The summed E-state index contributed by atoms with van der Waals surface area (Å²) in [5.41, 5.74) is 1.34. The Hall–Kier alpha value is -1.00. The minimum atomic E-state index is 0.111. The number of thioether (sulfide) groups is 1. The monoisotopic (exact) mass is 288 g/mol. The van der Waals surface area contributed by atoms with Crippen molar-refractivity contribution in [2.24, 2.45) is 0 Å². The highest BCUT2D eigenvalue weighted by molar-refractivity contribution is 8.01. The number of carbonyl (C=O) groups excluding carboxylic acids is 1. The zero-order valence-electron chi connectivity index (χ0n) is 11.6. The number of nitrogens with zero attached hydrogens (tertiary/aromatic N) is 2. The van der Waals surface area contributed by atoms with Gasteiger partial charge >= 0.3 is 0 Å². The molecule has 1 aromatic carbocycles. The lowest BCUT2D eigenvalue weighted by molar-refractivity contribution is -0.132. The van der Waals surface area contributed by atoms with Crippen LogP contribution >= 0.6 is 11.8 Å². The number of hydrogen-bond donors (Lipinski definition) is 0. The van der Waals surface area contributed by atoms with Gasteiger partial charge in [-0.1, -0.05) is 18.2 Å². The van der Waals surface area contributed by atoms with Gasteiger partial charge in [0.05, 0.1) is 5.25 Å². The van der Waals surface area contributed by atoms with Crippen LogP contribution in [0.15, 0.2) is 29.2 Å². The van der Waals surface area contributed by atoms with Crippen molar-refractivity contribution in [3.8, 4) is 0 Å². The maximum Gasteiger partial charge on any atom is 0.236 e. The first-order chi connectivity index (χ1) is 9.81. The van der Waals surface area contributed by atoms with Crippen molar-refractivity contribution < 1.29 is 4.79 Å². The van der Waals surface area contributed by atoms with E-state index in [9.17, 15) is 4.79 Å². The molecule has 0 bridgehead atoms. The number of carbonyl (C=O) groups is 1. The van der Waals surface area contributed by atoms with E-state index in [0.717, 1.165) is 38.6 Å². The van der Waals surface area contributed by atoms with Crippen LogP contribution in [-0.4, -0.2) is 53.2 Å². The summed E-state index contributed by atoms with van der Waals surface area (Å²) in [7, 11) is 0. The van der Waals surface area contributed by atoms with Gasteiger partial charge in [0, 0.05) is 37.1 Å². The summed E-state index contributed by atoms with van der Waals surface area (Å²) in [6.07, 6.45) is 3.63. The van der Waals surface area contributed by atoms with Crippen LogP contribution in [0.3, 0.4) is 0 Å². The van der Waals surface area contributed by atoms with Crippen molar-refractivity contribution in [2.75, 3.05) is 26.2 Å². The molecule has 1 atom stereocenters. The van der Waals surface area contributed by atoms with Crippen LogP contribution < -0.4 is 0 Å². The highest BCUT2D eigenvalue weighted by Crippen LogP contribution is 2.37. The zero-order chi connectivity index (χ0) is 13.5. The Kier molecular flexibility index (Phi) is 3.23. The summed E-state index contributed by atoms with van der Waals surface area (Å²) >= 11 is 1.75. The number of amides is 1. The average Bonchev–Trinajstić information content (AvgIpc) is 3.25. The molecule has 0 N–H and O–H groups in total. The van der Waals surface area contributed by atoms with Gasteiger partial charge in [0.2, 0.25) is 5.91 Å². The molecule has 2 aliphatic heterocycles. The Morgan fingerprint density at radius 1 is 1.10 bits per heavy atom. The molecule has 106 valence electrons. The molecule has 1 aliphatic carbocycles. The molecule has 0 aromatic heterocycles. The van der Waals surface area contributed by atoms with Crippen LogP contribution in [-0.2, 0) is 11.2 Å². The van der Waals surface area contributed by atoms with Gasteiger partial charge in [-0.2, -0.15) is 0 Å². The first-order valence-electron chi connectivity index (χ1n) is 7.58. The van der Waals surface area contributed by atoms with Gasteiger partial charge in [0.1, 0.15) is 0 Å². The van der Waals surface area contributed by atoms with Crippen molar-refractivity contribution in [1.82, 2.24) is 9.80 Å². The van der Waals surface area contributed by atoms with Crippen molar-refractivity contribution in [1.29, 1.82) is 0 Å². The van der Waals surface area contributed by atoms with Gasteiger partial charge < -0.3 is 4.90 Å². The van der Waals surface area contributed by atoms with Crippen LogP contribution in [0.4, 0.5) is 0 Å². The van der Waals surface area contributed by atoms with E-state index >= 15 is 0 Å². The summed E-state index contributed by atoms with van der Waals surface area (Å²) < 4.78 is 0. The molecular formula is C16H20N2OS. The maximum atomic E-state index is 12.6. The predicted octanol–water partition coefficient (Wildman–Crippen LogP) is 2.01. The zero-order valence-corrected chi connectivity index (χ0v) is 12.4. The maximum absolute atomic E-state index is 12.6. The smallest absolute Gasteiger partial charge is 0.236 e. The Morgan fingerprint density at radius 2 is 1.85 bits per heavy atom. The lowest BCUT2D eigenvalue weighted by atomic mass is 10.1. The second-order valence-electron chi connectivity index (χ2n) is 6.01. The van der Waals surface area contributed by atoms with Crippen LogP contribution in [0.5, 0.6) is 0 Å². The van der Waals surface area contributed by atoms with Crippen LogP contribution in [0.25, 0.3) is 0 Å². The van der Waals surface area contributed by atoms with E-state index in [1.807, 2.05) is 0 Å². The van der Waals surface area contributed by atoms with E-state index < -0.39 is 0 Å². The minimum absolute atomic E-state index is 0.111. The van der Waals surface area contributed by atoms with Gasteiger partial charge in [-0.25, -0.2) is 0 Å². The van der Waals surface area contributed by atoms with Gasteiger partial charge in [-0.15, -0.1) is 11.8 Å². The molecule has 4 heteroatoms. The van der Waals surface area contributed by atoms with Crippen LogP contribution in [0, 0.1) is 0 Å². The Bertz CT molecular complexity index is 496. The largest absolute Gasteiger partial charge is 0.339 e. The molecule has 4 rings (SSSR count). The lowest BCUT2D eigenvalue weighted by Gasteiger charge is -2.35. The highest BCUT2D eigenvalue weighted by Gasteiger charge is 2.35. The lowest BCUT2D eigenvalue weighted by Crippen LogP contribution is -2.51. The molecule has 3 aliphatic rings. The van der Waals surface area contributed by atoms with Crippen molar-refractivity contribution in [3.05, 3.63) is 29.8 Å². The fraction of sp³-hybridized carbons (Fsp3) is 0.562. The molecule has 1 aromatic rings. The van der Waals surface area contributed by atoms with Crippen molar-refractivity contribution in [3.63, 3.8) is 0 Å². The normalized spacial score (nSPS) is 26.6. The summed E-state index contributed by atoms with van der Waals surface area (Å²) in [5, 5.41) is 0.111. The highest BCUT2D eigenvalue weighted by atomic mass is 32.2. The second-order valence-corrected chi connectivity index (χ2v) is 7.26. The summed E-state index contributed by atoms with van der Waals surface area (Å²) in [5.74, 6) is 0.349. The Labute approximate surface area is 124 Å². The Balaban J connectivity index is 1.37. The molecular weight excluding hydrogens is 268 g/mol. The number of benzene rings is 1. The quantitative estimate of drug-likeness (QED) is 0.832. The minimum Gasteiger partial charge on any atom is -0.339 e. The summed E-state index contributed by atoms with van der Waals surface area (Å²) in [6.45, 7) is 3.98. The first-order valence-corrected chi connectivity index (χ1v) is 8.46. The molecule has 2 heterocycles. The van der Waals surface area contributed by atoms with Gasteiger partial charge in [0.25, 0.3) is 0 Å². The van der Waals surface area contributed by atoms with Crippen LogP contribution in [0.2, 0.25) is 0 Å². The average molecular weight is 288 g/mol. The summed E-state index contributed by atoms with van der Waals surface area (Å²) in [4.78, 5) is 18.6. The molecule has 1 saturated heterocycles. The molecule has 0 unspecified atom stereocenters. The van der Waals surface area contributed by atoms with E-state index in [1.54, 1.807) is 11.8 Å². The SMILES string of the molecule is O=C([C@H]1Cc2ccccc2S1)N1CCN(C2CC2)CC1. The van der Waals surface area contributed by atoms with E-state index in [0.29, 0.717) is 5.91 Å². The first kappa shape index (κ1) is 12.7. The summed E-state index contributed by atoms with van der Waals surface area (Å²) in [6, 6.07) is 9.25. The molecule has 0 spiro atoms. The molecule has 1 amide bonds. The number of fused-ring (bicyclic) bond motifs is 1. The van der Waals surface area contributed by atoms with E-state index in [1.165, 1.54) is 23.3 Å². The van der Waals surface area contributed by atoms with Crippen molar-refractivity contribution in [2.45, 2.75) is 35.4 Å². The number of piperazine rings is 1. The molecule has 20 heavy (non-hydrogen) atoms. The van der Waals surface area contributed by atoms with Crippen molar-refractivity contribution >= 4 is 17.7 Å². The predicted molar refractivity (Wildman–Crippen MR) is 81.0 cm³/mol. The standard InChI is InChI=1S/C16H20N2OS/c19-16(15-11-12-3-1-2-4-14(12)20-15)18-9-7-17(8-10-18)13-5-6-13/h1-4,13,15H,5-11H2/t15-/m1/s1. The number of rotatable bonds is 2. The van der Waals surface area contributed by atoms with Gasteiger partial charge in [-0.05, 0) is 30.9 Å². The fourth-order valence-corrected chi connectivity index (χ4v) is 4.55. The fourth-order valence-electron chi connectivity index (χ4n) is 3.27. The third-order valence-electron chi connectivity index (χ3n) is 4.61. The molecule has 1 saturated carbocycles. The molecule has 2 fully saturated rings. The molecule has 3 nitrogen and oxygen atoms in total. The topological polar surface area (TPSA) is 23.6 Å². The van der Waals surface area contributed by atoms with Gasteiger partial charge in [-0.3, -0.25) is 9.69 Å². The second kappa shape index (κ2) is 5.08. The van der Waals surface area contributed by atoms with E-state index in [4.69, 9.17) is 0 Å². The Morgan fingerprint density at radius 3 is 2.55 bits per heavy atom. The van der Waals surface area contributed by atoms with E-state index in [2.05, 4.69) is 34.1 Å². The van der Waals surface area contributed by atoms with Gasteiger partial charge in [0.15, 0.2) is 0 Å². The molecule has 0 radical (unpaired) electrons.